The molecule has 0 saturated heterocycles. The number of unbranched alkanes of at least 4 members (excludes halogenated alkanes) is 1. The zero-order chi connectivity index (χ0) is 22.8. The summed E-state index contributed by atoms with van der Waals surface area (Å²) in [6, 6.07) is 8.67. The summed E-state index contributed by atoms with van der Waals surface area (Å²) in [5, 5.41) is 3.64. The van der Waals surface area contributed by atoms with Crippen LogP contribution in [-0.4, -0.2) is 39.5 Å². The molecule has 0 fully saturated rings. The van der Waals surface area contributed by atoms with Crippen molar-refractivity contribution in [3.05, 3.63) is 58.3 Å². The molecule has 0 saturated carbocycles. The molecule has 0 aliphatic rings. The first-order valence-electron chi connectivity index (χ1n) is 10.4. The van der Waals surface area contributed by atoms with E-state index in [0.717, 1.165) is 11.1 Å². The molecule has 3 rings (SSSR count). The Morgan fingerprint density at radius 2 is 1.87 bits per heavy atom. The molecule has 0 unspecified atom stereocenters. The van der Waals surface area contributed by atoms with Crippen LogP contribution in [0.15, 0.2) is 46.3 Å². The first-order valence-corrected chi connectivity index (χ1v) is 10.4. The van der Waals surface area contributed by atoms with E-state index >= 15 is 0 Å². The number of rotatable bonds is 7. The first kappa shape index (κ1) is 23.7. The van der Waals surface area contributed by atoms with Crippen molar-refractivity contribution in [3.63, 3.8) is 0 Å². The number of aliphatic imine (C=N–C) groups is 1. The Balaban J connectivity index is 0.000000785. The van der Waals surface area contributed by atoms with Gasteiger partial charge in [-0.3, -0.25) is 14.4 Å². The normalized spacial score (nSPS) is 10.3. The van der Waals surface area contributed by atoms with Crippen LogP contribution >= 0.6 is 0 Å². The standard InChI is InChI=1S/C18H21N7O2.C4H10/c1-11-9-13-10-25(18(27)24-15(13)23-11)14-5-3-12(4-6-14)16(26)21-7-2-8-22-17(19)20;1-3-4-2/h3-6,9-10H,2,7-8H2,1H3,(H,21,26)(H4,19,20,22)(H,23,24,27);3-4H2,1-2H3. The number of nitrogens with two attached hydrogens (primary N) is 2. The Hall–Kier alpha value is -3.62. The number of hydrogen-bond acceptors (Lipinski definition) is 4. The molecule has 9 nitrogen and oxygen atoms in total. The second-order valence-corrected chi connectivity index (χ2v) is 7.11. The number of aryl methyl sites for hydroxylation is 1. The van der Waals surface area contributed by atoms with E-state index in [4.69, 9.17) is 11.5 Å². The molecule has 31 heavy (non-hydrogen) atoms. The Kier molecular flexibility index (Phi) is 8.80. The molecule has 0 radical (unpaired) electrons. The molecule has 0 atom stereocenters. The van der Waals surface area contributed by atoms with Crippen molar-refractivity contribution in [2.45, 2.75) is 40.0 Å². The number of hydrogen-bond donors (Lipinski definition) is 4. The van der Waals surface area contributed by atoms with Gasteiger partial charge in [0.1, 0.15) is 5.65 Å². The van der Waals surface area contributed by atoms with Crippen LogP contribution in [0.4, 0.5) is 0 Å². The largest absolute Gasteiger partial charge is 0.370 e. The molecule has 0 spiro atoms. The van der Waals surface area contributed by atoms with Crippen LogP contribution in [0.25, 0.3) is 16.7 Å². The van der Waals surface area contributed by atoms with Crippen molar-refractivity contribution in [2.75, 3.05) is 13.1 Å². The van der Waals surface area contributed by atoms with Gasteiger partial charge < -0.3 is 21.8 Å². The van der Waals surface area contributed by atoms with Crippen molar-refractivity contribution < 1.29 is 4.79 Å². The number of amides is 1. The van der Waals surface area contributed by atoms with Gasteiger partial charge in [-0.05, 0) is 43.7 Å². The Bertz CT molecular complexity index is 1080. The summed E-state index contributed by atoms with van der Waals surface area (Å²) >= 11 is 0. The third-order valence-electron chi connectivity index (χ3n) is 4.47. The molecule has 0 bridgehead atoms. The van der Waals surface area contributed by atoms with Gasteiger partial charge in [0.2, 0.25) is 0 Å². The van der Waals surface area contributed by atoms with Gasteiger partial charge in [-0.1, -0.05) is 26.7 Å². The molecular formula is C22H31N7O2. The highest BCUT2D eigenvalue weighted by Crippen LogP contribution is 2.13. The van der Waals surface area contributed by atoms with Crippen LogP contribution in [0, 0.1) is 6.92 Å². The van der Waals surface area contributed by atoms with Crippen molar-refractivity contribution in [2.24, 2.45) is 16.5 Å². The fourth-order valence-corrected chi connectivity index (χ4v) is 2.68. The first-order chi connectivity index (χ1) is 14.8. The SMILES string of the molecule is CCCC.Cc1cc2cn(-c3ccc(C(=O)NCCCN=C(N)N)cc3)c(=O)nc2[nH]1. The highest BCUT2D eigenvalue weighted by molar-refractivity contribution is 5.94. The molecule has 2 aromatic heterocycles. The van der Waals surface area contributed by atoms with Crippen LogP contribution in [0.2, 0.25) is 0 Å². The van der Waals surface area contributed by atoms with Crippen LogP contribution in [-0.2, 0) is 0 Å². The smallest absolute Gasteiger partial charge is 0.354 e. The zero-order valence-corrected chi connectivity index (χ0v) is 18.3. The Morgan fingerprint density at radius 3 is 2.48 bits per heavy atom. The van der Waals surface area contributed by atoms with E-state index in [9.17, 15) is 9.59 Å². The average molecular weight is 426 g/mol. The van der Waals surface area contributed by atoms with Gasteiger partial charge in [0, 0.05) is 35.9 Å². The van der Waals surface area contributed by atoms with Crippen molar-refractivity contribution >= 4 is 22.9 Å². The lowest BCUT2D eigenvalue weighted by atomic mass is 10.2. The second-order valence-electron chi connectivity index (χ2n) is 7.11. The number of aromatic amines is 1. The van der Waals surface area contributed by atoms with E-state index in [1.807, 2.05) is 13.0 Å². The average Bonchev–Trinajstić information content (AvgIpc) is 3.11. The maximum Gasteiger partial charge on any atom is 0.354 e. The molecule has 1 aromatic carbocycles. The monoisotopic (exact) mass is 425 g/mol. The zero-order valence-electron chi connectivity index (χ0n) is 18.3. The summed E-state index contributed by atoms with van der Waals surface area (Å²) in [6.07, 6.45) is 5.01. The number of carbonyl (C=O) groups is 1. The van der Waals surface area contributed by atoms with Crippen LogP contribution in [0.5, 0.6) is 0 Å². The van der Waals surface area contributed by atoms with Crippen molar-refractivity contribution in [1.82, 2.24) is 19.9 Å². The molecule has 2 heterocycles. The number of H-pyrrole nitrogens is 1. The Morgan fingerprint density at radius 1 is 1.19 bits per heavy atom. The molecule has 1 amide bonds. The number of aromatic nitrogens is 3. The summed E-state index contributed by atoms with van der Waals surface area (Å²) < 4.78 is 1.45. The quantitative estimate of drug-likeness (QED) is 0.261. The third kappa shape index (κ3) is 6.98. The number of nitrogens with one attached hydrogen (secondary N) is 2. The fourth-order valence-electron chi connectivity index (χ4n) is 2.68. The van der Waals surface area contributed by atoms with Gasteiger partial charge in [-0.2, -0.15) is 4.98 Å². The number of fused-ring (bicyclic) bond motifs is 1. The van der Waals surface area contributed by atoms with Crippen LogP contribution in [0.1, 0.15) is 49.2 Å². The summed E-state index contributed by atoms with van der Waals surface area (Å²) in [4.78, 5) is 35.3. The molecule has 0 aliphatic heterocycles. The minimum Gasteiger partial charge on any atom is -0.370 e. The predicted octanol–water partition coefficient (Wildman–Crippen LogP) is 2.22. The van der Waals surface area contributed by atoms with E-state index in [1.165, 1.54) is 17.4 Å². The second kappa shape index (κ2) is 11.5. The number of benzene rings is 1. The number of carbonyl (C=O) groups excluding carboxylic acids is 1. The van der Waals surface area contributed by atoms with Crippen molar-refractivity contribution in [3.8, 4) is 5.69 Å². The third-order valence-corrected chi connectivity index (χ3v) is 4.47. The molecule has 166 valence electrons. The summed E-state index contributed by atoms with van der Waals surface area (Å²) in [6.45, 7) is 7.18. The maximum absolute atomic E-state index is 12.2. The van der Waals surface area contributed by atoms with Gasteiger partial charge in [0.25, 0.3) is 5.91 Å². The lowest BCUT2D eigenvalue weighted by Crippen LogP contribution is -2.26. The minimum absolute atomic E-state index is 0.0367. The molecule has 6 N–H and O–H groups in total. The lowest BCUT2D eigenvalue weighted by molar-refractivity contribution is 0.0953. The lowest BCUT2D eigenvalue weighted by Gasteiger charge is -2.07. The summed E-state index contributed by atoms with van der Waals surface area (Å²) in [7, 11) is 0. The van der Waals surface area contributed by atoms with Crippen LogP contribution < -0.4 is 22.5 Å². The highest BCUT2D eigenvalue weighted by Gasteiger charge is 2.08. The van der Waals surface area contributed by atoms with Crippen molar-refractivity contribution in [1.29, 1.82) is 0 Å². The molecular weight excluding hydrogens is 394 g/mol. The minimum atomic E-state index is -0.388. The van der Waals surface area contributed by atoms with E-state index in [1.54, 1.807) is 30.5 Å². The summed E-state index contributed by atoms with van der Waals surface area (Å²) in [5.74, 6) is -0.164. The van der Waals surface area contributed by atoms with Crippen LogP contribution in [0.3, 0.4) is 0 Å². The molecule has 9 heteroatoms. The van der Waals surface area contributed by atoms with E-state index in [-0.39, 0.29) is 17.6 Å². The van der Waals surface area contributed by atoms with E-state index in [2.05, 4.69) is 34.1 Å². The highest BCUT2D eigenvalue weighted by atomic mass is 16.2. The number of nitrogens with zero attached hydrogens (tertiary/aromatic N) is 3. The molecule has 0 aliphatic carbocycles. The van der Waals surface area contributed by atoms with E-state index < -0.39 is 0 Å². The topological polar surface area (TPSA) is 144 Å². The van der Waals surface area contributed by atoms with Gasteiger partial charge in [-0.15, -0.1) is 0 Å². The maximum atomic E-state index is 12.2. The molecule has 3 aromatic rings. The summed E-state index contributed by atoms with van der Waals surface area (Å²) in [5.41, 5.74) is 12.7. The fraction of sp³-hybridized carbons (Fsp3) is 0.364. The van der Waals surface area contributed by atoms with Gasteiger partial charge >= 0.3 is 5.69 Å². The van der Waals surface area contributed by atoms with E-state index in [0.29, 0.717) is 36.4 Å². The number of guanidine groups is 1. The van der Waals surface area contributed by atoms with Gasteiger partial charge in [0.15, 0.2) is 5.96 Å². The van der Waals surface area contributed by atoms with Gasteiger partial charge in [-0.25, -0.2) is 4.79 Å². The Labute approximate surface area is 181 Å². The van der Waals surface area contributed by atoms with Gasteiger partial charge in [0.05, 0.1) is 5.69 Å². The predicted molar refractivity (Wildman–Crippen MR) is 125 cm³/mol.